The fraction of sp³-hybridized carbons (Fsp3) is 0.429. The number of hydrogen-bond donors (Lipinski definition) is 1. The molecule has 2 amide bonds. The lowest BCUT2D eigenvalue weighted by Crippen LogP contribution is -2.37. The quantitative estimate of drug-likeness (QED) is 0.909. The second-order valence-corrected chi connectivity index (χ2v) is 4.96. The zero-order valence-corrected chi connectivity index (χ0v) is 11.4. The molecular weight excluding hydrogens is 285 g/mol. The summed E-state index contributed by atoms with van der Waals surface area (Å²) < 4.78 is 38.9. The fourth-order valence-electron chi connectivity index (χ4n) is 2.06. The van der Waals surface area contributed by atoms with Crippen LogP contribution in [-0.4, -0.2) is 35.7 Å². The second-order valence-electron chi connectivity index (χ2n) is 4.96. The lowest BCUT2D eigenvalue weighted by atomic mass is 10.1. The summed E-state index contributed by atoms with van der Waals surface area (Å²) >= 11 is 0. The van der Waals surface area contributed by atoms with E-state index in [-0.39, 0.29) is 23.2 Å². The van der Waals surface area contributed by atoms with Crippen molar-refractivity contribution in [2.75, 3.05) is 11.9 Å². The number of anilines is 1. The molecule has 1 N–H and O–H groups in total. The van der Waals surface area contributed by atoms with Gasteiger partial charge in [0.25, 0.3) is 12.3 Å². The Morgan fingerprint density at radius 1 is 1.38 bits per heavy atom. The minimum absolute atomic E-state index is 0.250. The third-order valence-corrected chi connectivity index (χ3v) is 3.10. The molecule has 7 heteroatoms. The van der Waals surface area contributed by atoms with Crippen LogP contribution in [0.15, 0.2) is 18.2 Å². The van der Waals surface area contributed by atoms with E-state index in [1.807, 2.05) is 0 Å². The van der Waals surface area contributed by atoms with Gasteiger partial charge in [-0.1, -0.05) is 0 Å². The molecule has 1 aliphatic carbocycles. The van der Waals surface area contributed by atoms with Crippen molar-refractivity contribution in [2.24, 2.45) is 0 Å². The normalized spacial score (nSPS) is 14.1. The van der Waals surface area contributed by atoms with Crippen molar-refractivity contribution < 1.29 is 22.8 Å². The molecule has 1 aliphatic rings. The fourth-order valence-corrected chi connectivity index (χ4v) is 2.06. The molecule has 0 saturated heterocycles. The van der Waals surface area contributed by atoms with Crippen LogP contribution < -0.4 is 5.32 Å². The second kappa shape index (κ2) is 6.15. The highest BCUT2D eigenvalue weighted by atomic mass is 19.3. The lowest BCUT2D eigenvalue weighted by molar-refractivity contribution is -0.114. The van der Waals surface area contributed by atoms with Crippen molar-refractivity contribution in [2.45, 2.75) is 32.2 Å². The van der Waals surface area contributed by atoms with Crippen molar-refractivity contribution in [1.82, 2.24) is 4.90 Å². The van der Waals surface area contributed by atoms with Crippen LogP contribution in [0.5, 0.6) is 0 Å². The monoisotopic (exact) mass is 300 g/mol. The van der Waals surface area contributed by atoms with Gasteiger partial charge < -0.3 is 10.2 Å². The smallest absolute Gasteiger partial charge is 0.257 e. The maximum atomic E-state index is 13.8. The van der Waals surface area contributed by atoms with E-state index in [1.54, 1.807) is 0 Å². The molecule has 1 fully saturated rings. The molecule has 0 unspecified atom stereocenters. The third kappa shape index (κ3) is 3.96. The Morgan fingerprint density at radius 2 is 2.05 bits per heavy atom. The van der Waals surface area contributed by atoms with Gasteiger partial charge in [-0.05, 0) is 31.0 Å². The number of halogens is 3. The van der Waals surface area contributed by atoms with E-state index in [4.69, 9.17) is 0 Å². The highest BCUT2D eigenvalue weighted by molar-refractivity contribution is 5.97. The number of alkyl halides is 2. The first kappa shape index (κ1) is 15.3. The summed E-state index contributed by atoms with van der Waals surface area (Å²) in [5, 5.41) is 2.43. The number of benzene rings is 1. The number of rotatable bonds is 5. The summed E-state index contributed by atoms with van der Waals surface area (Å²) in [5.74, 6) is -1.94. The van der Waals surface area contributed by atoms with Gasteiger partial charge in [0.15, 0.2) is 0 Å². The molecule has 4 nitrogen and oxygen atoms in total. The predicted molar refractivity (Wildman–Crippen MR) is 70.8 cm³/mol. The van der Waals surface area contributed by atoms with Gasteiger partial charge in [-0.3, -0.25) is 9.59 Å². The highest BCUT2D eigenvalue weighted by Crippen LogP contribution is 2.30. The number of nitrogens with one attached hydrogen (secondary N) is 1. The van der Waals surface area contributed by atoms with Gasteiger partial charge in [-0.2, -0.15) is 0 Å². The van der Waals surface area contributed by atoms with Gasteiger partial charge >= 0.3 is 0 Å². The van der Waals surface area contributed by atoms with Gasteiger partial charge in [0.2, 0.25) is 5.91 Å². The van der Waals surface area contributed by atoms with Crippen LogP contribution in [0.1, 0.15) is 30.1 Å². The van der Waals surface area contributed by atoms with E-state index >= 15 is 0 Å². The molecule has 1 aromatic carbocycles. The first-order chi connectivity index (χ1) is 9.88. The molecule has 114 valence electrons. The summed E-state index contributed by atoms with van der Waals surface area (Å²) in [5.41, 5.74) is -0.0613. The van der Waals surface area contributed by atoms with Gasteiger partial charge in [0.1, 0.15) is 5.82 Å². The Morgan fingerprint density at radius 3 is 2.57 bits per heavy atom. The zero-order valence-electron chi connectivity index (χ0n) is 11.4. The topological polar surface area (TPSA) is 49.4 Å². The van der Waals surface area contributed by atoms with Crippen molar-refractivity contribution in [3.8, 4) is 0 Å². The standard InChI is InChI=1S/C14H15F3N2O2/c1-8(20)18-9-2-5-12(15)11(6-9)14(21)19(7-13(16)17)10-3-4-10/h2,5-6,10,13H,3-4,7H2,1H3,(H,18,20). The number of hydrogen-bond acceptors (Lipinski definition) is 2. The van der Waals surface area contributed by atoms with E-state index in [2.05, 4.69) is 5.32 Å². The number of nitrogens with zero attached hydrogens (tertiary/aromatic N) is 1. The first-order valence-corrected chi connectivity index (χ1v) is 6.54. The van der Waals surface area contributed by atoms with E-state index in [9.17, 15) is 22.8 Å². The molecule has 1 saturated carbocycles. The van der Waals surface area contributed by atoms with Crippen LogP contribution in [0.3, 0.4) is 0 Å². The van der Waals surface area contributed by atoms with Crippen molar-refractivity contribution in [3.05, 3.63) is 29.6 Å². The minimum Gasteiger partial charge on any atom is -0.330 e. The molecular formula is C14H15F3N2O2. The summed E-state index contributed by atoms with van der Waals surface area (Å²) in [7, 11) is 0. The molecule has 0 aliphatic heterocycles. The zero-order chi connectivity index (χ0) is 15.6. The number of amides is 2. The molecule has 21 heavy (non-hydrogen) atoms. The Kier molecular flexibility index (Phi) is 4.50. The Bertz CT molecular complexity index is 559. The summed E-state index contributed by atoms with van der Waals surface area (Å²) in [6.07, 6.45) is -1.38. The van der Waals surface area contributed by atoms with Gasteiger partial charge in [0.05, 0.1) is 12.1 Å². The van der Waals surface area contributed by atoms with E-state index < -0.39 is 24.7 Å². The highest BCUT2D eigenvalue weighted by Gasteiger charge is 2.35. The molecule has 0 bridgehead atoms. The first-order valence-electron chi connectivity index (χ1n) is 6.54. The van der Waals surface area contributed by atoms with Crippen LogP contribution in [0, 0.1) is 5.82 Å². The third-order valence-electron chi connectivity index (χ3n) is 3.10. The van der Waals surface area contributed by atoms with Crippen LogP contribution >= 0.6 is 0 Å². The molecule has 0 radical (unpaired) electrons. The largest absolute Gasteiger partial charge is 0.330 e. The summed E-state index contributed by atoms with van der Waals surface area (Å²) in [6.45, 7) is 0.561. The molecule has 1 aromatic rings. The summed E-state index contributed by atoms with van der Waals surface area (Å²) in [4.78, 5) is 24.2. The summed E-state index contributed by atoms with van der Waals surface area (Å²) in [6, 6.07) is 3.25. The van der Waals surface area contributed by atoms with Crippen LogP contribution in [-0.2, 0) is 4.79 Å². The maximum Gasteiger partial charge on any atom is 0.257 e. The maximum absolute atomic E-state index is 13.8. The van der Waals surface area contributed by atoms with E-state index in [0.717, 1.165) is 11.0 Å². The Labute approximate surface area is 119 Å². The number of carbonyl (C=O) groups excluding carboxylic acids is 2. The number of carbonyl (C=O) groups is 2. The minimum atomic E-state index is -2.67. The molecule has 0 spiro atoms. The van der Waals surface area contributed by atoms with Crippen molar-refractivity contribution >= 4 is 17.5 Å². The molecule has 0 atom stereocenters. The lowest BCUT2D eigenvalue weighted by Gasteiger charge is -2.22. The van der Waals surface area contributed by atoms with Crippen molar-refractivity contribution in [3.63, 3.8) is 0 Å². The molecule has 0 aromatic heterocycles. The Balaban J connectivity index is 2.25. The van der Waals surface area contributed by atoms with Crippen LogP contribution in [0.2, 0.25) is 0 Å². The van der Waals surface area contributed by atoms with Gasteiger partial charge in [0, 0.05) is 18.7 Å². The van der Waals surface area contributed by atoms with E-state index in [0.29, 0.717) is 12.8 Å². The van der Waals surface area contributed by atoms with Crippen LogP contribution in [0.4, 0.5) is 18.9 Å². The average molecular weight is 300 g/mol. The molecule has 2 rings (SSSR count). The van der Waals surface area contributed by atoms with E-state index in [1.165, 1.54) is 19.1 Å². The Hall–Kier alpha value is -2.05. The van der Waals surface area contributed by atoms with Gasteiger partial charge in [-0.25, -0.2) is 13.2 Å². The van der Waals surface area contributed by atoms with Crippen LogP contribution in [0.25, 0.3) is 0 Å². The van der Waals surface area contributed by atoms with Crippen molar-refractivity contribution in [1.29, 1.82) is 0 Å². The average Bonchev–Trinajstić information content (AvgIpc) is 3.21. The molecule has 0 heterocycles. The van der Waals surface area contributed by atoms with Gasteiger partial charge in [-0.15, -0.1) is 0 Å². The predicted octanol–water partition coefficient (Wildman–Crippen LogP) is 2.65. The SMILES string of the molecule is CC(=O)Nc1ccc(F)c(C(=O)N(CC(F)F)C2CC2)c1.